The standard InChI is InChI=1S/C24H28FN5O4S2/c1-13-8-15(4-5-16(13)25)26-21(31)19-20-18(11-29(19)3)36(34)28-17-10-30(9-14(17)12-35-20)23(33)22(32)27-24(2)6-7-24/h4-5,8,11,14,17,28H,6-7,9-10,12H2,1-3H3,(H,26,31)(H,27,32)/t14-,17?,36?/m0/s1. The van der Waals surface area contributed by atoms with Crippen LogP contribution in [-0.4, -0.2) is 62.2 Å². The number of aryl methyl sites for hydroxylation is 2. The van der Waals surface area contributed by atoms with E-state index < -0.39 is 23.2 Å². The molecule has 1 saturated heterocycles. The van der Waals surface area contributed by atoms with E-state index in [2.05, 4.69) is 15.4 Å². The summed E-state index contributed by atoms with van der Waals surface area (Å²) in [6.07, 6.45) is 3.39. The van der Waals surface area contributed by atoms with E-state index in [1.54, 1.807) is 30.8 Å². The van der Waals surface area contributed by atoms with Crippen molar-refractivity contribution >= 4 is 46.5 Å². The second kappa shape index (κ2) is 9.40. The minimum Gasteiger partial charge on any atom is -0.593 e. The lowest BCUT2D eigenvalue weighted by atomic mass is 10.1. The summed E-state index contributed by atoms with van der Waals surface area (Å²) in [4.78, 5) is 40.9. The quantitative estimate of drug-likeness (QED) is 0.410. The van der Waals surface area contributed by atoms with E-state index in [0.717, 1.165) is 12.8 Å². The Bertz CT molecular complexity index is 1250. The number of amides is 3. The molecule has 0 radical (unpaired) electrons. The minimum atomic E-state index is -1.62. The van der Waals surface area contributed by atoms with Crippen LogP contribution in [0.5, 0.6) is 0 Å². The van der Waals surface area contributed by atoms with Gasteiger partial charge in [0, 0.05) is 43.0 Å². The van der Waals surface area contributed by atoms with Crippen LogP contribution in [0.2, 0.25) is 0 Å². The molecule has 3 atom stereocenters. The summed E-state index contributed by atoms with van der Waals surface area (Å²) in [6.45, 7) is 4.19. The number of nitrogens with zero attached hydrogens (tertiary/aromatic N) is 2. The number of rotatable bonds is 3. The SMILES string of the molecule is Cc1cc(NC(=O)c2c3c(cn2C)[S+]([O-])NC2CN(C(=O)C(=O)NC4(C)CC4)C[C@H]2CS3)ccc1F. The van der Waals surface area contributed by atoms with Crippen molar-refractivity contribution in [3.63, 3.8) is 0 Å². The average Bonchev–Trinajstić information content (AvgIpc) is 3.26. The molecule has 192 valence electrons. The largest absolute Gasteiger partial charge is 0.593 e. The molecule has 1 saturated carbocycles. The Kier molecular flexibility index (Phi) is 6.56. The number of hydrogen-bond acceptors (Lipinski definition) is 6. The summed E-state index contributed by atoms with van der Waals surface area (Å²) >= 11 is -0.194. The molecule has 12 heteroatoms. The number of carbonyl (C=O) groups excluding carboxylic acids is 3. The van der Waals surface area contributed by atoms with Gasteiger partial charge >= 0.3 is 11.8 Å². The number of thioether (sulfide) groups is 1. The Hall–Kier alpha value is -2.54. The zero-order valence-corrected chi connectivity index (χ0v) is 21.9. The molecule has 36 heavy (non-hydrogen) atoms. The fourth-order valence-corrected chi connectivity index (χ4v) is 7.42. The second-order valence-electron chi connectivity index (χ2n) is 9.99. The van der Waals surface area contributed by atoms with Crippen LogP contribution in [0, 0.1) is 18.7 Å². The van der Waals surface area contributed by atoms with E-state index in [4.69, 9.17) is 0 Å². The van der Waals surface area contributed by atoms with E-state index in [0.29, 0.717) is 45.6 Å². The Morgan fingerprint density at radius 2 is 2.03 bits per heavy atom. The smallest absolute Gasteiger partial charge is 0.311 e. The fraction of sp³-hybridized carbons (Fsp3) is 0.458. The lowest BCUT2D eigenvalue weighted by Crippen LogP contribution is -2.47. The highest BCUT2D eigenvalue weighted by Gasteiger charge is 2.45. The third kappa shape index (κ3) is 4.86. The average molecular weight is 534 g/mol. The van der Waals surface area contributed by atoms with Gasteiger partial charge in [-0.15, -0.1) is 16.5 Å². The highest BCUT2D eigenvalue weighted by molar-refractivity contribution is 8.00. The van der Waals surface area contributed by atoms with Crippen molar-refractivity contribution in [2.75, 3.05) is 24.2 Å². The number of aromatic nitrogens is 1. The lowest BCUT2D eigenvalue weighted by Gasteiger charge is -2.23. The molecule has 9 nitrogen and oxygen atoms in total. The molecule has 5 rings (SSSR count). The molecule has 3 amide bonds. The zero-order valence-electron chi connectivity index (χ0n) is 20.2. The molecule has 2 fully saturated rings. The zero-order chi connectivity index (χ0) is 25.8. The molecule has 2 aromatic rings. The predicted octanol–water partition coefficient (Wildman–Crippen LogP) is 1.94. The Balaban J connectivity index is 1.31. The first-order valence-electron chi connectivity index (χ1n) is 11.7. The number of halogens is 1. The molecule has 0 spiro atoms. The molecule has 1 aliphatic carbocycles. The van der Waals surface area contributed by atoms with E-state index in [9.17, 15) is 23.3 Å². The van der Waals surface area contributed by atoms with Crippen molar-refractivity contribution in [2.24, 2.45) is 13.0 Å². The summed E-state index contributed by atoms with van der Waals surface area (Å²) in [5.41, 5.74) is 0.956. The van der Waals surface area contributed by atoms with Gasteiger partial charge in [0.1, 0.15) is 11.5 Å². The molecule has 3 heterocycles. The number of fused-ring (bicyclic) bond motifs is 2. The van der Waals surface area contributed by atoms with Gasteiger partial charge in [0.25, 0.3) is 5.91 Å². The van der Waals surface area contributed by atoms with Crippen molar-refractivity contribution in [2.45, 2.75) is 48.1 Å². The van der Waals surface area contributed by atoms with Crippen LogP contribution in [0.4, 0.5) is 10.1 Å². The molecular formula is C24H28FN5O4S2. The molecule has 1 aromatic heterocycles. The van der Waals surface area contributed by atoms with Crippen LogP contribution < -0.4 is 15.4 Å². The summed E-state index contributed by atoms with van der Waals surface area (Å²) in [5, 5.41) is 5.60. The summed E-state index contributed by atoms with van der Waals surface area (Å²) in [5.74, 6) is -1.38. The van der Waals surface area contributed by atoms with E-state index in [-0.39, 0.29) is 29.2 Å². The maximum absolute atomic E-state index is 13.6. The number of anilines is 1. The van der Waals surface area contributed by atoms with E-state index in [1.165, 1.54) is 28.8 Å². The van der Waals surface area contributed by atoms with Gasteiger partial charge in [-0.1, -0.05) is 0 Å². The van der Waals surface area contributed by atoms with Crippen molar-refractivity contribution in [1.29, 1.82) is 0 Å². The Morgan fingerprint density at radius 1 is 1.28 bits per heavy atom. The molecule has 3 N–H and O–H groups in total. The van der Waals surface area contributed by atoms with Gasteiger partial charge in [-0.05, 0) is 50.5 Å². The summed E-state index contributed by atoms with van der Waals surface area (Å²) in [6, 6.07) is 4.11. The highest BCUT2D eigenvalue weighted by atomic mass is 32.2. The van der Waals surface area contributed by atoms with E-state index in [1.807, 2.05) is 6.92 Å². The maximum atomic E-state index is 13.6. The first kappa shape index (κ1) is 25.1. The number of likely N-dealkylation sites (tertiary alicyclic amines) is 1. The van der Waals surface area contributed by atoms with Crippen molar-refractivity contribution in [3.8, 4) is 0 Å². The molecule has 3 aliphatic rings. The van der Waals surface area contributed by atoms with E-state index >= 15 is 0 Å². The third-order valence-electron chi connectivity index (χ3n) is 6.97. The molecule has 2 aliphatic heterocycles. The lowest BCUT2D eigenvalue weighted by molar-refractivity contribution is -0.145. The van der Waals surface area contributed by atoms with Gasteiger partial charge in [-0.2, -0.15) is 0 Å². The van der Waals surface area contributed by atoms with Gasteiger partial charge < -0.3 is 24.7 Å². The minimum absolute atomic E-state index is 0.0452. The number of benzene rings is 1. The first-order valence-corrected chi connectivity index (χ1v) is 13.9. The van der Waals surface area contributed by atoms with Crippen LogP contribution in [0.3, 0.4) is 0 Å². The Labute approximate surface area is 215 Å². The molecule has 1 aromatic carbocycles. The van der Waals surface area contributed by atoms with Gasteiger partial charge in [0.05, 0.1) is 28.5 Å². The second-order valence-corrected chi connectivity index (χ2v) is 12.2. The van der Waals surface area contributed by atoms with Crippen molar-refractivity contribution in [1.82, 2.24) is 19.5 Å². The first-order chi connectivity index (χ1) is 17.0. The monoisotopic (exact) mass is 533 g/mol. The molecule has 0 bridgehead atoms. The summed E-state index contributed by atoms with van der Waals surface area (Å²) in [7, 11) is 1.72. The maximum Gasteiger partial charge on any atom is 0.311 e. The van der Waals surface area contributed by atoms with Crippen molar-refractivity contribution < 1.29 is 23.3 Å². The van der Waals surface area contributed by atoms with Gasteiger partial charge in [0.2, 0.25) is 4.90 Å². The number of hydrogen-bond donors (Lipinski definition) is 3. The van der Waals surface area contributed by atoms with Gasteiger partial charge in [0.15, 0.2) is 0 Å². The Morgan fingerprint density at radius 3 is 2.72 bits per heavy atom. The normalized spacial score (nSPS) is 24.2. The fourth-order valence-electron chi connectivity index (χ4n) is 4.54. The number of nitrogens with one attached hydrogen (secondary N) is 3. The van der Waals surface area contributed by atoms with Crippen LogP contribution in [-0.2, 0) is 28.0 Å². The topological polar surface area (TPSA) is 119 Å². The summed E-state index contributed by atoms with van der Waals surface area (Å²) < 4.78 is 31.6. The molecular weight excluding hydrogens is 505 g/mol. The number of carbonyl (C=O) groups is 3. The predicted molar refractivity (Wildman–Crippen MR) is 134 cm³/mol. The van der Waals surface area contributed by atoms with Crippen LogP contribution in [0.25, 0.3) is 0 Å². The highest BCUT2D eigenvalue weighted by Crippen LogP contribution is 2.38. The molecule has 2 unspecified atom stereocenters. The van der Waals surface area contributed by atoms with Gasteiger partial charge in [-0.3, -0.25) is 14.4 Å². The van der Waals surface area contributed by atoms with Crippen LogP contribution in [0.1, 0.15) is 35.8 Å². The third-order valence-corrected chi connectivity index (χ3v) is 9.62. The van der Waals surface area contributed by atoms with Crippen LogP contribution in [0.15, 0.2) is 34.2 Å². The van der Waals surface area contributed by atoms with Gasteiger partial charge in [-0.25, -0.2) is 4.39 Å². The van der Waals surface area contributed by atoms with Crippen molar-refractivity contribution in [3.05, 3.63) is 41.5 Å². The van der Waals surface area contributed by atoms with Crippen LogP contribution >= 0.6 is 11.8 Å².